The van der Waals surface area contributed by atoms with Crippen LogP contribution in [0.25, 0.3) is 10.7 Å². The number of aryl methyl sites for hydroxylation is 2. The number of pyridine rings is 1. The number of nitrogens with zero attached hydrogens (tertiary/aromatic N) is 2. The Bertz CT molecular complexity index is 891. The Morgan fingerprint density at radius 1 is 1.24 bits per heavy atom. The number of hydrogen-bond acceptors (Lipinski definition) is 5. The molecular formula is C19H19N3O2S. The highest BCUT2D eigenvalue weighted by atomic mass is 32.1. The van der Waals surface area contributed by atoms with Gasteiger partial charge in [0.1, 0.15) is 15.6 Å². The number of aromatic nitrogens is 2. The predicted octanol–water partition coefficient (Wildman–Crippen LogP) is 4.47. The topological polar surface area (TPSA) is 64.1 Å². The molecule has 3 rings (SSSR count). The summed E-state index contributed by atoms with van der Waals surface area (Å²) in [7, 11) is 0. The number of amides is 1. The van der Waals surface area contributed by atoms with Gasteiger partial charge < -0.3 is 10.1 Å². The summed E-state index contributed by atoms with van der Waals surface area (Å²) in [6.07, 6.45) is 1.72. The smallest absolute Gasteiger partial charge is 0.267 e. The molecule has 1 amide bonds. The largest absolute Gasteiger partial charge is 0.494 e. The molecule has 2 aromatic heterocycles. The van der Waals surface area contributed by atoms with E-state index in [0.717, 1.165) is 27.7 Å². The van der Waals surface area contributed by atoms with Gasteiger partial charge in [-0.3, -0.25) is 9.78 Å². The maximum Gasteiger partial charge on any atom is 0.267 e. The fraction of sp³-hybridized carbons (Fsp3) is 0.211. The van der Waals surface area contributed by atoms with Gasteiger partial charge in [-0.1, -0.05) is 6.07 Å². The Labute approximate surface area is 150 Å². The molecule has 0 atom stereocenters. The third-order valence-electron chi connectivity index (χ3n) is 3.64. The second kappa shape index (κ2) is 7.44. The molecule has 0 radical (unpaired) electrons. The second-order valence-electron chi connectivity index (χ2n) is 5.51. The van der Waals surface area contributed by atoms with Crippen LogP contribution in [-0.4, -0.2) is 22.5 Å². The molecule has 2 heterocycles. The van der Waals surface area contributed by atoms with E-state index in [9.17, 15) is 4.79 Å². The zero-order valence-corrected chi connectivity index (χ0v) is 15.2. The van der Waals surface area contributed by atoms with Gasteiger partial charge in [0, 0.05) is 11.9 Å². The molecule has 0 aliphatic rings. The van der Waals surface area contributed by atoms with Crippen LogP contribution in [0.4, 0.5) is 5.69 Å². The summed E-state index contributed by atoms with van der Waals surface area (Å²) < 4.78 is 5.48. The van der Waals surface area contributed by atoms with Crippen molar-refractivity contribution in [1.29, 1.82) is 0 Å². The first-order valence-corrected chi connectivity index (χ1v) is 8.83. The van der Waals surface area contributed by atoms with E-state index in [1.165, 1.54) is 11.3 Å². The molecule has 128 valence electrons. The van der Waals surface area contributed by atoms with E-state index in [-0.39, 0.29) is 5.91 Å². The predicted molar refractivity (Wildman–Crippen MR) is 100 cm³/mol. The van der Waals surface area contributed by atoms with Crippen LogP contribution in [0.2, 0.25) is 0 Å². The van der Waals surface area contributed by atoms with Gasteiger partial charge in [0.2, 0.25) is 0 Å². The highest BCUT2D eigenvalue weighted by Gasteiger charge is 2.17. The maximum absolute atomic E-state index is 12.7. The molecule has 0 fully saturated rings. The minimum atomic E-state index is -0.163. The summed E-state index contributed by atoms with van der Waals surface area (Å²) in [5, 5.41) is 3.70. The van der Waals surface area contributed by atoms with Crippen molar-refractivity contribution in [3.8, 4) is 16.5 Å². The van der Waals surface area contributed by atoms with Crippen LogP contribution in [-0.2, 0) is 0 Å². The zero-order chi connectivity index (χ0) is 17.8. The van der Waals surface area contributed by atoms with Crippen molar-refractivity contribution in [2.45, 2.75) is 20.8 Å². The second-order valence-corrected chi connectivity index (χ2v) is 6.51. The van der Waals surface area contributed by atoms with E-state index in [1.807, 2.05) is 57.2 Å². The average molecular weight is 353 g/mol. The van der Waals surface area contributed by atoms with Crippen molar-refractivity contribution < 1.29 is 9.53 Å². The van der Waals surface area contributed by atoms with Gasteiger partial charge in [-0.25, -0.2) is 4.98 Å². The lowest BCUT2D eigenvalue weighted by Crippen LogP contribution is -2.12. The van der Waals surface area contributed by atoms with Crippen molar-refractivity contribution in [1.82, 2.24) is 9.97 Å². The van der Waals surface area contributed by atoms with E-state index >= 15 is 0 Å². The molecule has 0 bridgehead atoms. The van der Waals surface area contributed by atoms with Crippen LogP contribution in [0.3, 0.4) is 0 Å². The van der Waals surface area contributed by atoms with Crippen molar-refractivity contribution in [3.05, 3.63) is 58.7 Å². The molecule has 0 saturated heterocycles. The summed E-state index contributed by atoms with van der Waals surface area (Å²) in [6.45, 7) is 6.33. The first-order valence-electron chi connectivity index (χ1n) is 8.02. The normalized spacial score (nSPS) is 10.5. The van der Waals surface area contributed by atoms with Crippen molar-refractivity contribution in [2.24, 2.45) is 0 Å². The van der Waals surface area contributed by atoms with Gasteiger partial charge in [0.15, 0.2) is 0 Å². The maximum atomic E-state index is 12.7. The number of ether oxygens (including phenoxy) is 1. The van der Waals surface area contributed by atoms with E-state index < -0.39 is 0 Å². The van der Waals surface area contributed by atoms with Crippen LogP contribution in [0.5, 0.6) is 5.75 Å². The Hall–Kier alpha value is -2.73. The monoisotopic (exact) mass is 353 g/mol. The zero-order valence-electron chi connectivity index (χ0n) is 14.4. The molecule has 5 nitrogen and oxygen atoms in total. The standard InChI is InChI=1S/C19H19N3O2S/c1-4-24-14-8-9-15(12(2)11-14)22-18(23)17-13(3)21-19(25-17)16-7-5-6-10-20-16/h5-11H,4H2,1-3H3,(H,22,23). The number of benzene rings is 1. The van der Waals surface area contributed by atoms with E-state index in [4.69, 9.17) is 4.74 Å². The van der Waals surface area contributed by atoms with Crippen LogP contribution in [0, 0.1) is 13.8 Å². The van der Waals surface area contributed by atoms with Crippen molar-refractivity contribution in [3.63, 3.8) is 0 Å². The van der Waals surface area contributed by atoms with Crippen LogP contribution in [0.15, 0.2) is 42.6 Å². The molecule has 3 aromatic rings. The van der Waals surface area contributed by atoms with Gasteiger partial charge in [-0.05, 0) is 56.7 Å². The molecule has 25 heavy (non-hydrogen) atoms. The summed E-state index contributed by atoms with van der Waals surface area (Å²) >= 11 is 1.35. The lowest BCUT2D eigenvalue weighted by atomic mass is 10.2. The first-order chi connectivity index (χ1) is 12.1. The highest BCUT2D eigenvalue weighted by molar-refractivity contribution is 7.17. The molecular weight excluding hydrogens is 334 g/mol. The van der Waals surface area contributed by atoms with Crippen molar-refractivity contribution in [2.75, 3.05) is 11.9 Å². The molecule has 1 N–H and O–H groups in total. The number of carbonyl (C=O) groups excluding carboxylic acids is 1. The molecule has 0 saturated carbocycles. The number of anilines is 1. The number of hydrogen-bond donors (Lipinski definition) is 1. The fourth-order valence-electron chi connectivity index (χ4n) is 2.42. The average Bonchev–Trinajstić information content (AvgIpc) is 3.00. The van der Waals surface area contributed by atoms with Crippen LogP contribution in [0.1, 0.15) is 27.9 Å². The summed E-state index contributed by atoms with van der Waals surface area (Å²) in [6, 6.07) is 11.3. The molecule has 0 spiro atoms. The number of rotatable bonds is 5. The van der Waals surface area contributed by atoms with Gasteiger partial charge in [0.25, 0.3) is 5.91 Å². The molecule has 0 aliphatic heterocycles. The van der Waals surface area contributed by atoms with Gasteiger partial charge in [0.05, 0.1) is 18.0 Å². The molecule has 6 heteroatoms. The third kappa shape index (κ3) is 3.85. The van der Waals surface area contributed by atoms with Crippen molar-refractivity contribution >= 4 is 22.9 Å². The summed E-state index contributed by atoms with van der Waals surface area (Å²) in [5.41, 5.74) is 3.19. The SMILES string of the molecule is CCOc1ccc(NC(=O)c2sc(-c3ccccn3)nc2C)c(C)c1. The van der Waals surface area contributed by atoms with Gasteiger partial charge in [-0.15, -0.1) is 11.3 Å². The third-order valence-corrected chi connectivity index (χ3v) is 4.82. The molecule has 1 aromatic carbocycles. The Morgan fingerprint density at radius 3 is 2.76 bits per heavy atom. The molecule has 0 unspecified atom stereocenters. The van der Waals surface area contributed by atoms with E-state index in [1.54, 1.807) is 6.20 Å². The molecule has 0 aliphatic carbocycles. The number of thiazole rings is 1. The Morgan fingerprint density at radius 2 is 2.08 bits per heavy atom. The first kappa shape index (κ1) is 17.1. The summed E-state index contributed by atoms with van der Waals surface area (Å²) in [5.74, 6) is 0.633. The Kier molecular flexibility index (Phi) is 5.09. The van der Waals surface area contributed by atoms with Gasteiger partial charge >= 0.3 is 0 Å². The fourth-order valence-corrected chi connectivity index (χ4v) is 3.36. The van der Waals surface area contributed by atoms with Crippen LogP contribution < -0.4 is 10.1 Å². The minimum Gasteiger partial charge on any atom is -0.494 e. The highest BCUT2D eigenvalue weighted by Crippen LogP contribution is 2.28. The van der Waals surface area contributed by atoms with Gasteiger partial charge in [-0.2, -0.15) is 0 Å². The quantitative estimate of drug-likeness (QED) is 0.735. The lowest BCUT2D eigenvalue weighted by Gasteiger charge is -2.10. The number of nitrogens with one attached hydrogen (secondary N) is 1. The van der Waals surface area contributed by atoms with Crippen LogP contribution >= 0.6 is 11.3 Å². The minimum absolute atomic E-state index is 0.163. The Balaban J connectivity index is 1.81. The lowest BCUT2D eigenvalue weighted by molar-refractivity contribution is 0.102. The van der Waals surface area contributed by atoms with E-state index in [2.05, 4.69) is 15.3 Å². The number of carbonyl (C=O) groups is 1. The summed E-state index contributed by atoms with van der Waals surface area (Å²) in [4.78, 5) is 22.0. The van der Waals surface area contributed by atoms with E-state index in [0.29, 0.717) is 17.2 Å².